The van der Waals surface area contributed by atoms with Crippen LogP contribution in [0.5, 0.6) is 0 Å². The average molecular weight is 493 g/mol. The van der Waals surface area contributed by atoms with E-state index in [1.165, 1.54) is 44.2 Å². The first kappa shape index (κ1) is 23.1. The van der Waals surface area contributed by atoms with Crippen molar-refractivity contribution in [2.24, 2.45) is 11.3 Å². The van der Waals surface area contributed by atoms with Crippen LogP contribution in [-0.2, 0) is 0 Å². The van der Waals surface area contributed by atoms with Crippen molar-refractivity contribution in [1.29, 1.82) is 0 Å². The van der Waals surface area contributed by atoms with E-state index in [-0.39, 0.29) is 11.3 Å². The number of pyridine rings is 1. The zero-order valence-corrected chi connectivity index (χ0v) is 21.3. The Morgan fingerprint density at radius 1 is 1.06 bits per heavy atom. The molecule has 3 heterocycles. The molecule has 186 valence electrons. The number of carbonyl (C=O) groups is 1. The van der Waals surface area contributed by atoms with Crippen LogP contribution in [0.15, 0.2) is 53.9 Å². The van der Waals surface area contributed by atoms with Crippen LogP contribution in [0.4, 0.5) is 5.82 Å². The summed E-state index contributed by atoms with van der Waals surface area (Å²) in [6.07, 6.45) is 21.2. The molecular formula is C29H37ClN4O. The summed E-state index contributed by atoms with van der Waals surface area (Å²) in [7, 11) is 0. The molecule has 2 N–H and O–H groups in total. The molecule has 35 heavy (non-hydrogen) atoms. The second-order valence-electron chi connectivity index (χ2n) is 11.4. The number of halogens is 1. The number of anilines is 1. The summed E-state index contributed by atoms with van der Waals surface area (Å²) >= 11 is 6.23. The van der Waals surface area contributed by atoms with Gasteiger partial charge in [-0.05, 0) is 81.9 Å². The maximum Gasteiger partial charge on any atom is 0.253 e. The number of fused-ring (bicyclic) bond motifs is 2. The minimum atomic E-state index is 0.00218. The van der Waals surface area contributed by atoms with E-state index < -0.39 is 0 Å². The SMILES string of the molecule is C=C(NC1CC2CCC(C1)N2c1ccc(C(=O)NC2CC2)cn1)C1(C2C=CC(Cl)=CC2)CCCC1. The van der Waals surface area contributed by atoms with Crippen LogP contribution < -0.4 is 15.5 Å². The van der Waals surface area contributed by atoms with Crippen molar-refractivity contribution in [3.63, 3.8) is 0 Å². The molecular weight excluding hydrogens is 456 g/mol. The fourth-order valence-corrected chi connectivity index (χ4v) is 7.30. The Hall–Kier alpha value is -2.27. The largest absolute Gasteiger partial charge is 0.385 e. The van der Waals surface area contributed by atoms with Crippen molar-refractivity contribution in [2.75, 3.05) is 4.90 Å². The number of amides is 1. The van der Waals surface area contributed by atoms with Crippen LogP contribution in [0.1, 0.15) is 81.0 Å². The van der Waals surface area contributed by atoms with Crippen LogP contribution in [-0.4, -0.2) is 35.1 Å². The third-order valence-electron chi connectivity index (χ3n) is 9.16. The molecule has 4 fully saturated rings. The van der Waals surface area contributed by atoms with Gasteiger partial charge in [0.25, 0.3) is 5.91 Å². The standard InChI is InChI=1S/C29H37ClN4O/c1-19(29(14-2-3-15-29)21-5-7-22(30)8-6-21)32-24-16-25-11-12-26(17-24)34(25)27-13-4-20(18-31-27)28(35)33-23-9-10-23/h4-5,7-8,13,18,21,23-26,32H,1-3,6,9-12,14-17H2,(H,33,35). The first-order valence-corrected chi connectivity index (χ1v) is 13.9. The van der Waals surface area contributed by atoms with E-state index in [0.29, 0.717) is 35.6 Å². The molecule has 2 saturated carbocycles. The second-order valence-corrected chi connectivity index (χ2v) is 11.8. The lowest BCUT2D eigenvalue weighted by atomic mass is 9.69. The van der Waals surface area contributed by atoms with Gasteiger partial charge >= 0.3 is 0 Å². The van der Waals surface area contributed by atoms with Crippen molar-refractivity contribution in [3.05, 3.63) is 59.4 Å². The van der Waals surface area contributed by atoms with Crippen LogP contribution >= 0.6 is 11.6 Å². The molecule has 1 aromatic rings. The topological polar surface area (TPSA) is 57.3 Å². The highest BCUT2D eigenvalue weighted by molar-refractivity contribution is 6.31. The molecule has 1 amide bonds. The zero-order valence-electron chi connectivity index (χ0n) is 20.5. The van der Waals surface area contributed by atoms with Gasteiger partial charge in [0.05, 0.1) is 5.56 Å². The van der Waals surface area contributed by atoms with Gasteiger partial charge in [0, 0.05) is 46.5 Å². The summed E-state index contributed by atoms with van der Waals surface area (Å²) in [6.45, 7) is 4.63. The van der Waals surface area contributed by atoms with Crippen molar-refractivity contribution < 1.29 is 4.79 Å². The van der Waals surface area contributed by atoms with Gasteiger partial charge in [-0.1, -0.05) is 43.2 Å². The summed E-state index contributed by atoms with van der Waals surface area (Å²) in [4.78, 5) is 19.6. The van der Waals surface area contributed by atoms with Gasteiger partial charge in [0.2, 0.25) is 0 Å². The molecule has 0 radical (unpaired) electrons. The van der Waals surface area contributed by atoms with E-state index >= 15 is 0 Å². The van der Waals surface area contributed by atoms with Gasteiger partial charge in [0.1, 0.15) is 5.82 Å². The number of nitrogens with one attached hydrogen (secondary N) is 2. The molecule has 0 aromatic carbocycles. The molecule has 6 heteroatoms. The molecule has 2 aliphatic heterocycles. The van der Waals surface area contributed by atoms with Crippen LogP contribution in [0.2, 0.25) is 0 Å². The van der Waals surface area contributed by atoms with Crippen LogP contribution in [0, 0.1) is 11.3 Å². The van der Waals surface area contributed by atoms with Crippen molar-refractivity contribution >= 4 is 23.3 Å². The lowest BCUT2D eigenvalue weighted by Crippen LogP contribution is -2.51. The number of rotatable bonds is 7. The van der Waals surface area contributed by atoms with Crippen LogP contribution in [0.25, 0.3) is 0 Å². The zero-order chi connectivity index (χ0) is 24.0. The summed E-state index contributed by atoms with van der Waals surface area (Å²) in [5, 5.41) is 7.86. The minimum absolute atomic E-state index is 0.00218. The molecule has 6 rings (SSSR count). The molecule has 3 unspecified atom stereocenters. The Morgan fingerprint density at radius 2 is 1.80 bits per heavy atom. The van der Waals surface area contributed by atoms with Crippen LogP contribution in [0.3, 0.4) is 0 Å². The number of allylic oxidation sites excluding steroid dienone is 5. The maximum atomic E-state index is 12.3. The molecule has 3 atom stereocenters. The average Bonchev–Trinajstić information content (AvgIpc) is 3.45. The normalized spacial score (nSPS) is 31.2. The van der Waals surface area contributed by atoms with E-state index in [0.717, 1.165) is 43.0 Å². The lowest BCUT2D eigenvalue weighted by molar-refractivity contribution is 0.0950. The van der Waals surface area contributed by atoms with Crippen molar-refractivity contribution in [1.82, 2.24) is 15.6 Å². The Bertz CT molecular complexity index is 1020. The Kier molecular flexibility index (Phi) is 6.16. The van der Waals surface area contributed by atoms with Gasteiger partial charge in [-0.2, -0.15) is 0 Å². The van der Waals surface area contributed by atoms with E-state index in [1.54, 1.807) is 6.20 Å². The highest BCUT2D eigenvalue weighted by atomic mass is 35.5. The summed E-state index contributed by atoms with van der Waals surface area (Å²) in [5.41, 5.74) is 2.06. The van der Waals surface area contributed by atoms with E-state index in [2.05, 4.69) is 40.3 Å². The third kappa shape index (κ3) is 4.52. The third-order valence-corrected chi connectivity index (χ3v) is 9.44. The number of aromatic nitrogens is 1. The monoisotopic (exact) mass is 492 g/mol. The molecule has 1 aromatic heterocycles. The van der Waals surface area contributed by atoms with E-state index in [1.807, 2.05) is 12.1 Å². The fourth-order valence-electron chi connectivity index (χ4n) is 7.13. The van der Waals surface area contributed by atoms with E-state index in [4.69, 9.17) is 16.6 Å². The smallest absolute Gasteiger partial charge is 0.253 e. The minimum Gasteiger partial charge on any atom is -0.385 e. The first-order chi connectivity index (χ1) is 17.0. The lowest BCUT2D eigenvalue weighted by Gasteiger charge is -2.44. The summed E-state index contributed by atoms with van der Waals surface area (Å²) < 4.78 is 0. The fraction of sp³-hybridized carbons (Fsp3) is 0.586. The Labute approximate surface area is 214 Å². The highest BCUT2D eigenvalue weighted by Crippen LogP contribution is 2.52. The number of hydrogen-bond donors (Lipinski definition) is 2. The van der Waals surface area contributed by atoms with Gasteiger partial charge in [0.15, 0.2) is 0 Å². The second kappa shape index (κ2) is 9.31. The van der Waals surface area contributed by atoms with Gasteiger partial charge in [-0.25, -0.2) is 4.98 Å². The highest BCUT2D eigenvalue weighted by Gasteiger charge is 2.46. The quantitative estimate of drug-likeness (QED) is 0.502. The predicted molar refractivity (Wildman–Crippen MR) is 141 cm³/mol. The van der Waals surface area contributed by atoms with Crippen molar-refractivity contribution in [2.45, 2.75) is 94.8 Å². The maximum absolute atomic E-state index is 12.3. The number of hydrogen-bond acceptors (Lipinski definition) is 4. The molecule has 2 saturated heterocycles. The molecule has 0 spiro atoms. The first-order valence-electron chi connectivity index (χ1n) is 13.6. The van der Waals surface area contributed by atoms with Gasteiger partial charge in [-0.15, -0.1) is 0 Å². The number of carbonyl (C=O) groups excluding carboxylic acids is 1. The van der Waals surface area contributed by atoms with Crippen molar-refractivity contribution in [3.8, 4) is 0 Å². The summed E-state index contributed by atoms with van der Waals surface area (Å²) in [6, 6.07) is 5.80. The van der Waals surface area contributed by atoms with Gasteiger partial charge in [-0.3, -0.25) is 4.79 Å². The molecule has 5 aliphatic rings. The Morgan fingerprint density at radius 3 is 2.40 bits per heavy atom. The predicted octanol–water partition coefficient (Wildman–Crippen LogP) is 5.84. The molecule has 2 bridgehead atoms. The number of nitrogens with zero attached hydrogens (tertiary/aromatic N) is 2. The molecule has 3 aliphatic carbocycles. The van der Waals surface area contributed by atoms with Gasteiger partial charge < -0.3 is 15.5 Å². The van der Waals surface area contributed by atoms with E-state index in [9.17, 15) is 4.79 Å². The Balaban J connectivity index is 1.11. The summed E-state index contributed by atoms with van der Waals surface area (Å²) in [5.74, 6) is 1.51. The number of piperidine rings is 1. The molecule has 5 nitrogen and oxygen atoms in total.